The third-order valence-corrected chi connectivity index (χ3v) is 3.41. The average molecular weight is 288 g/mol. The van der Waals surface area contributed by atoms with Gasteiger partial charge in [-0.15, -0.1) is 0 Å². The molecule has 1 aliphatic rings. The summed E-state index contributed by atoms with van der Waals surface area (Å²) in [5.74, 6) is 0.746. The van der Waals surface area contributed by atoms with Crippen molar-refractivity contribution in [3.05, 3.63) is 28.2 Å². The lowest BCUT2D eigenvalue weighted by atomic mass is 10.2. The van der Waals surface area contributed by atoms with E-state index in [9.17, 15) is 0 Å². The van der Waals surface area contributed by atoms with E-state index in [0.29, 0.717) is 10.0 Å². The molecule has 1 saturated carbocycles. The van der Waals surface area contributed by atoms with E-state index in [-0.39, 0.29) is 6.10 Å². The standard InChI is InChI=1S/C14H19Cl2NO/c1-10(3-2-6-17-13-4-5-13)18-14-8-11(15)7-12(16)9-14/h7-10,13,17H,2-6H2,1H3. The van der Waals surface area contributed by atoms with Crippen LogP contribution in [-0.4, -0.2) is 18.7 Å². The maximum atomic E-state index is 5.93. The highest BCUT2D eigenvalue weighted by atomic mass is 35.5. The first-order valence-corrected chi connectivity index (χ1v) is 7.25. The molecule has 0 saturated heterocycles. The van der Waals surface area contributed by atoms with Crippen LogP contribution >= 0.6 is 23.2 Å². The van der Waals surface area contributed by atoms with E-state index in [1.165, 1.54) is 12.8 Å². The van der Waals surface area contributed by atoms with E-state index in [1.807, 2.05) is 0 Å². The van der Waals surface area contributed by atoms with Gasteiger partial charge in [0, 0.05) is 16.1 Å². The van der Waals surface area contributed by atoms with Gasteiger partial charge in [0.25, 0.3) is 0 Å². The van der Waals surface area contributed by atoms with Gasteiger partial charge >= 0.3 is 0 Å². The summed E-state index contributed by atoms with van der Waals surface area (Å²) in [4.78, 5) is 0. The summed E-state index contributed by atoms with van der Waals surface area (Å²) in [6.07, 6.45) is 5.02. The first-order valence-electron chi connectivity index (χ1n) is 6.49. The zero-order valence-corrected chi connectivity index (χ0v) is 12.1. The van der Waals surface area contributed by atoms with Crippen LogP contribution in [0.15, 0.2) is 18.2 Å². The van der Waals surface area contributed by atoms with Gasteiger partial charge in [-0.3, -0.25) is 0 Å². The molecule has 1 atom stereocenters. The Morgan fingerprint density at radius 2 is 1.94 bits per heavy atom. The van der Waals surface area contributed by atoms with Gasteiger partial charge in [-0.2, -0.15) is 0 Å². The number of halogens is 2. The van der Waals surface area contributed by atoms with E-state index < -0.39 is 0 Å². The molecule has 0 aromatic heterocycles. The van der Waals surface area contributed by atoms with Crippen molar-refractivity contribution in [2.24, 2.45) is 0 Å². The summed E-state index contributed by atoms with van der Waals surface area (Å²) in [5, 5.41) is 4.72. The van der Waals surface area contributed by atoms with E-state index in [0.717, 1.165) is 31.2 Å². The molecule has 1 aliphatic carbocycles. The lowest BCUT2D eigenvalue weighted by molar-refractivity contribution is 0.207. The minimum Gasteiger partial charge on any atom is -0.491 e. The molecule has 0 amide bonds. The zero-order valence-electron chi connectivity index (χ0n) is 10.6. The Morgan fingerprint density at radius 3 is 2.56 bits per heavy atom. The summed E-state index contributed by atoms with van der Waals surface area (Å²) in [6, 6.07) is 6.09. The predicted octanol–water partition coefficient (Wildman–Crippen LogP) is 4.29. The smallest absolute Gasteiger partial charge is 0.122 e. The largest absolute Gasteiger partial charge is 0.491 e. The molecule has 1 aromatic carbocycles. The highest BCUT2D eigenvalue weighted by molar-refractivity contribution is 6.34. The fourth-order valence-electron chi connectivity index (χ4n) is 1.87. The fourth-order valence-corrected chi connectivity index (χ4v) is 2.38. The molecule has 1 unspecified atom stereocenters. The second kappa shape index (κ2) is 6.65. The van der Waals surface area contributed by atoms with Crippen LogP contribution in [0.2, 0.25) is 10.0 Å². The minimum atomic E-state index is 0.181. The first kappa shape index (κ1) is 14.0. The number of hydrogen-bond donors (Lipinski definition) is 1. The molecule has 0 spiro atoms. The van der Waals surface area contributed by atoms with Crippen molar-refractivity contribution in [3.63, 3.8) is 0 Å². The second-order valence-electron chi connectivity index (χ2n) is 4.90. The third-order valence-electron chi connectivity index (χ3n) is 2.97. The average Bonchev–Trinajstić information content (AvgIpc) is 3.06. The summed E-state index contributed by atoms with van der Waals surface area (Å²) >= 11 is 11.9. The number of benzene rings is 1. The molecule has 18 heavy (non-hydrogen) atoms. The Morgan fingerprint density at radius 1 is 1.28 bits per heavy atom. The van der Waals surface area contributed by atoms with Crippen molar-refractivity contribution in [2.75, 3.05) is 6.54 Å². The molecule has 0 heterocycles. The normalized spacial score (nSPS) is 16.6. The van der Waals surface area contributed by atoms with Gasteiger partial charge in [-0.1, -0.05) is 23.2 Å². The van der Waals surface area contributed by atoms with Gasteiger partial charge in [0.15, 0.2) is 0 Å². The maximum Gasteiger partial charge on any atom is 0.122 e. The summed E-state index contributed by atoms with van der Waals surface area (Å²) in [7, 11) is 0. The molecule has 0 radical (unpaired) electrons. The van der Waals surface area contributed by atoms with Crippen molar-refractivity contribution >= 4 is 23.2 Å². The Bertz CT molecular complexity index is 373. The zero-order chi connectivity index (χ0) is 13.0. The minimum absolute atomic E-state index is 0.181. The monoisotopic (exact) mass is 287 g/mol. The van der Waals surface area contributed by atoms with Crippen LogP contribution in [0.3, 0.4) is 0 Å². The van der Waals surface area contributed by atoms with Crippen molar-refractivity contribution in [2.45, 2.75) is 44.8 Å². The van der Waals surface area contributed by atoms with Crippen LogP contribution in [0.4, 0.5) is 0 Å². The van der Waals surface area contributed by atoms with Gasteiger partial charge in [0.05, 0.1) is 6.10 Å². The van der Waals surface area contributed by atoms with Gasteiger partial charge in [0.1, 0.15) is 5.75 Å². The second-order valence-corrected chi connectivity index (χ2v) is 5.78. The molecule has 2 nitrogen and oxygen atoms in total. The van der Waals surface area contributed by atoms with Crippen LogP contribution in [0.25, 0.3) is 0 Å². The number of nitrogens with one attached hydrogen (secondary N) is 1. The van der Waals surface area contributed by atoms with Crippen molar-refractivity contribution in [1.82, 2.24) is 5.32 Å². The van der Waals surface area contributed by atoms with Crippen LogP contribution in [0.5, 0.6) is 5.75 Å². The number of hydrogen-bond acceptors (Lipinski definition) is 2. The summed E-state index contributed by atoms with van der Waals surface area (Å²) in [6.45, 7) is 3.15. The topological polar surface area (TPSA) is 21.3 Å². The van der Waals surface area contributed by atoms with Gasteiger partial charge < -0.3 is 10.1 Å². The highest BCUT2D eigenvalue weighted by Crippen LogP contribution is 2.25. The summed E-state index contributed by atoms with van der Waals surface area (Å²) < 4.78 is 5.80. The molecule has 0 bridgehead atoms. The number of ether oxygens (including phenoxy) is 1. The van der Waals surface area contributed by atoms with E-state index in [1.54, 1.807) is 18.2 Å². The van der Waals surface area contributed by atoms with Crippen molar-refractivity contribution < 1.29 is 4.74 Å². The molecular weight excluding hydrogens is 269 g/mol. The Labute approximate surface area is 119 Å². The van der Waals surface area contributed by atoms with E-state index >= 15 is 0 Å². The highest BCUT2D eigenvalue weighted by Gasteiger charge is 2.19. The molecule has 0 aliphatic heterocycles. The summed E-state index contributed by atoms with van der Waals surface area (Å²) in [5.41, 5.74) is 0. The van der Waals surface area contributed by atoms with Crippen LogP contribution < -0.4 is 10.1 Å². The maximum absolute atomic E-state index is 5.93. The van der Waals surface area contributed by atoms with Crippen molar-refractivity contribution in [3.8, 4) is 5.75 Å². The number of rotatable bonds is 7. The van der Waals surface area contributed by atoms with Gasteiger partial charge in [-0.25, -0.2) is 0 Å². The molecule has 4 heteroatoms. The quantitative estimate of drug-likeness (QED) is 0.756. The van der Waals surface area contributed by atoms with Crippen LogP contribution in [0, 0.1) is 0 Å². The fraction of sp³-hybridized carbons (Fsp3) is 0.571. The van der Waals surface area contributed by atoms with Gasteiger partial charge in [-0.05, 0) is 57.4 Å². The molecule has 100 valence electrons. The SMILES string of the molecule is CC(CCCNC1CC1)Oc1cc(Cl)cc(Cl)c1. The first-order chi connectivity index (χ1) is 8.63. The third kappa shape index (κ3) is 5.05. The van der Waals surface area contributed by atoms with Crippen LogP contribution in [-0.2, 0) is 0 Å². The molecular formula is C14H19Cl2NO. The Balaban J connectivity index is 1.69. The van der Waals surface area contributed by atoms with E-state index in [4.69, 9.17) is 27.9 Å². The molecule has 1 N–H and O–H groups in total. The van der Waals surface area contributed by atoms with E-state index in [2.05, 4.69) is 12.2 Å². The van der Waals surface area contributed by atoms with Crippen molar-refractivity contribution in [1.29, 1.82) is 0 Å². The Kier molecular flexibility index (Phi) is 5.16. The molecule has 1 aromatic rings. The van der Waals surface area contributed by atoms with Gasteiger partial charge in [0.2, 0.25) is 0 Å². The lowest BCUT2D eigenvalue weighted by Crippen LogP contribution is -2.20. The predicted molar refractivity (Wildman–Crippen MR) is 76.8 cm³/mol. The Hall–Kier alpha value is -0.440. The molecule has 1 fully saturated rings. The molecule has 2 rings (SSSR count). The van der Waals surface area contributed by atoms with Crippen LogP contribution in [0.1, 0.15) is 32.6 Å². The lowest BCUT2D eigenvalue weighted by Gasteiger charge is -2.15.